The van der Waals surface area contributed by atoms with Crippen LogP contribution >= 0.6 is 11.6 Å². The van der Waals surface area contributed by atoms with E-state index in [4.69, 9.17) is 22.1 Å². The van der Waals surface area contributed by atoms with Crippen molar-refractivity contribution in [1.29, 1.82) is 0 Å². The molecule has 0 spiro atoms. The Kier molecular flexibility index (Phi) is 4.09. The molecule has 1 amide bonds. The number of halogens is 1. The fourth-order valence-corrected chi connectivity index (χ4v) is 2.35. The lowest BCUT2D eigenvalue weighted by atomic mass is 10.1. The predicted octanol–water partition coefficient (Wildman–Crippen LogP) is 1.45. The molecule has 18 heavy (non-hydrogen) atoms. The molecule has 5 heteroatoms. The molecule has 0 saturated carbocycles. The number of carbonyl (C=O) groups is 1. The Morgan fingerprint density at radius 1 is 1.56 bits per heavy atom. The average Bonchev–Trinajstić information content (AvgIpc) is 2.66. The number of hydrogen-bond acceptors (Lipinski definition) is 3. The van der Waals surface area contributed by atoms with Crippen LogP contribution in [0.2, 0.25) is 5.02 Å². The van der Waals surface area contributed by atoms with Crippen molar-refractivity contribution in [2.24, 2.45) is 5.73 Å². The van der Waals surface area contributed by atoms with E-state index < -0.39 is 6.10 Å². The van der Waals surface area contributed by atoms with E-state index in [2.05, 4.69) is 0 Å². The van der Waals surface area contributed by atoms with Gasteiger partial charge in [0.1, 0.15) is 5.75 Å². The van der Waals surface area contributed by atoms with Gasteiger partial charge >= 0.3 is 0 Å². The van der Waals surface area contributed by atoms with Gasteiger partial charge in [-0.1, -0.05) is 17.7 Å². The number of hydrogen-bond donors (Lipinski definition) is 1. The van der Waals surface area contributed by atoms with Crippen molar-refractivity contribution in [3.8, 4) is 5.75 Å². The van der Waals surface area contributed by atoms with Gasteiger partial charge in [-0.15, -0.1) is 0 Å². The summed E-state index contributed by atoms with van der Waals surface area (Å²) in [5.74, 6) is 0.690. The Balaban J connectivity index is 2.18. The van der Waals surface area contributed by atoms with Crippen LogP contribution in [-0.4, -0.2) is 37.0 Å². The molecule has 0 aliphatic carbocycles. The number of carbonyl (C=O) groups excluding carboxylic acids is 1. The quantitative estimate of drug-likeness (QED) is 0.899. The molecule has 1 atom stereocenters. The maximum Gasteiger partial charge on any atom is 0.263 e. The molecule has 1 unspecified atom stereocenters. The second-order valence-electron chi connectivity index (χ2n) is 4.41. The lowest BCUT2D eigenvalue weighted by Crippen LogP contribution is -2.29. The van der Waals surface area contributed by atoms with E-state index >= 15 is 0 Å². The first kappa shape index (κ1) is 13.2. The fraction of sp³-hybridized carbons (Fsp3) is 0.462. The number of nitrogens with zero attached hydrogens (tertiary/aromatic N) is 1. The third-order valence-corrected chi connectivity index (χ3v) is 3.47. The Labute approximate surface area is 112 Å². The second kappa shape index (κ2) is 5.59. The highest BCUT2D eigenvalue weighted by Gasteiger charge is 2.31. The van der Waals surface area contributed by atoms with Crippen LogP contribution < -0.4 is 10.5 Å². The van der Waals surface area contributed by atoms with Gasteiger partial charge in [0.15, 0.2) is 6.10 Å². The summed E-state index contributed by atoms with van der Waals surface area (Å²) in [6.07, 6.45) is 0.959. The van der Waals surface area contributed by atoms with Crippen molar-refractivity contribution >= 4 is 17.5 Å². The van der Waals surface area contributed by atoms with Crippen molar-refractivity contribution in [3.05, 3.63) is 28.8 Å². The summed E-state index contributed by atoms with van der Waals surface area (Å²) in [4.78, 5) is 13.5. The van der Waals surface area contributed by atoms with Gasteiger partial charge in [-0.05, 0) is 25.1 Å². The summed E-state index contributed by atoms with van der Waals surface area (Å²) in [5, 5.41) is 0.636. The van der Waals surface area contributed by atoms with Crippen LogP contribution in [0.4, 0.5) is 0 Å². The van der Waals surface area contributed by atoms with Crippen molar-refractivity contribution in [2.75, 3.05) is 20.1 Å². The Hall–Kier alpha value is -1.26. The molecule has 0 radical (unpaired) electrons. The molecule has 1 fully saturated rings. The molecule has 1 heterocycles. The number of likely N-dealkylation sites (tertiary alicyclic amines) is 1. The molecule has 1 aliphatic heterocycles. The number of amides is 1. The number of rotatable bonds is 4. The second-order valence-corrected chi connectivity index (χ2v) is 4.82. The van der Waals surface area contributed by atoms with Gasteiger partial charge in [0.05, 0.1) is 0 Å². The van der Waals surface area contributed by atoms with Crippen LogP contribution in [0.1, 0.15) is 12.0 Å². The maximum atomic E-state index is 11.8. The lowest BCUT2D eigenvalue weighted by molar-refractivity contribution is -0.132. The summed E-state index contributed by atoms with van der Waals surface area (Å²) in [5.41, 5.74) is 6.45. The van der Waals surface area contributed by atoms with E-state index in [1.54, 1.807) is 11.9 Å². The molecule has 2 N–H and O–H groups in total. The molecule has 98 valence electrons. The Bertz CT molecular complexity index is 451. The van der Waals surface area contributed by atoms with Crippen molar-refractivity contribution in [3.63, 3.8) is 0 Å². The van der Waals surface area contributed by atoms with E-state index in [0.29, 0.717) is 30.2 Å². The van der Waals surface area contributed by atoms with Gasteiger partial charge in [0, 0.05) is 30.6 Å². The van der Waals surface area contributed by atoms with Crippen LogP contribution in [0, 0.1) is 0 Å². The number of benzene rings is 1. The van der Waals surface area contributed by atoms with Crippen LogP contribution in [-0.2, 0) is 11.2 Å². The van der Waals surface area contributed by atoms with E-state index in [0.717, 1.165) is 12.1 Å². The molecule has 1 aliphatic rings. The average molecular weight is 269 g/mol. The maximum absolute atomic E-state index is 11.8. The minimum absolute atomic E-state index is 0.0219. The number of likely N-dealkylation sites (N-methyl/N-ethyl adjacent to an activating group) is 1. The summed E-state index contributed by atoms with van der Waals surface area (Å²) in [7, 11) is 1.78. The van der Waals surface area contributed by atoms with E-state index in [9.17, 15) is 4.79 Å². The molecule has 0 bridgehead atoms. The molecular weight excluding hydrogens is 252 g/mol. The van der Waals surface area contributed by atoms with Crippen molar-refractivity contribution in [2.45, 2.75) is 18.9 Å². The highest BCUT2D eigenvalue weighted by Crippen LogP contribution is 2.29. The first-order chi connectivity index (χ1) is 8.63. The molecule has 2 rings (SSSR count). The van der Waals surface area contributed by atoms with Crippen LogP contribution in [0.25, 0.3) is 0 Å². The van der Waals surface area contributed by atoms with E-state index in [1.807, 2.05) is 18.2 Å². The molecule has 0 aromatic heterocycles. The van der Waals surface area contributed by atoms with Crippen LogP contribution in [0.15, 0.2) is 18.2 Å². The van der Waals surface area contributed by atoms with Gasteiger partial charge in [0.25, 0.3) is 5.91 Å². The third-order valence-electron chi connectivity index (χ3n) is 3.12. The minimum Gasteiger partial charge on any atom is -0.480 e. The van der Waals surface area contributed by atoms with Crippen molar-refractivity contribution in [1.82, 2.24) is 4.90 Å². The SMILES string of the molecule is CN1CCC(Oc2cccc(Cl)c2CCN)C1=O. The molecule has 1 aromatic carbocycles. The lowest BCUT2D eigenvalue weighted by Gasteiger charge is -2.16. The minimum atomic E-state index is -0.398. The Morgan fingerprint density at radius 3 is 2.94 bits per heavy atom. The van der Waals surface area contributed by atoms with E-state index in [-0.39, 0.29) is 5.91 Å². The summed E-state index contributed by atoms with van der Waals surface area (Å²) >= 11 is 6.13. The highest BCUT2D eigenvalue weighted by atomic mass is 35.5. The molecule has 1 saturated heterocycles. The van der Waals surface area contributed by atoms with Gasteiger partial charge in [-0.25, -0.2) is 0 Å². The first-order valence-electron chi connectivity index (χ1n) is 6.02. The number of nitrogens with two attached hydrogens (primary N) is 1. The van der Waals surface area contributed by atoms with Gasteiger partial charge in [-0.3, -0.25) is 4.79 Å². The van der Waals surface area contributed by atoms with Gasteiger partial charge in [-0.2, -0.15) is 0 Å². The summed E-state index contributed by atoms with van der Waals surface area (Å²) < 4.78 is 5.79. The zero-order chi connectivity index (χ0) is 13.1. The molecule has 4 nitrogen and oxygen atoms in total. The fourth-order valence-electron chi connectivity index (χ4n) is 2.09. The standard InChI is InChI=1S/C13H17ClN2O2/c1-16-8-6-12(13(16)17)18-11-4-2-3-10(14)9(11)5-7-15/h2-4,12H,5-8,15H2,1H3. The summed E-state index contributed by atoms with van der Waals surface area (Å²) in [6, 6.07) is 5.46. The smallest absolute Gasteiger partial charge is 0.263 e. The normalized spacial score (nSPS) is 19.4. The first-order valence-corrected chi connectivity index (χ1v) is 6.40. The zero-order valence-corrected chi connectivity index (χ0v) is 11.1. The molecular formula is C13H17ClN2O2. The Morgan fingerprint density at radius 2 is 2.33 bits per heavy atom. The predicted molar refractivity (Wildman–Crippen MR) is 70.9 cm³/mol. The van der Waals surface area contributed by atoms with Gasteiger partial charge in [0.2, 0.25) is 0 Å². The summed E-state index contributed by atoms with van der Waals surface area (Å²) in [6.45, 7) is 1.23. The highest BCUT2D eigenvalue weighted by molar-refractivity contribution is 6.31. The van der Waals surface area contributed by atoms with Crippen LogP contribution in [0.5, 0.6) is 5.75 Å². The molecule has 1 aromatic rings. The topological polar surface area (TPSA) is 55.6 Å². The largest absolute Gasteiger partial charge is 0.480 e. The third kappa shape index (κ3) is 2.60. The van der Waals surface area contributed by atoms with E-state index in [1.165, 1.54) is 0 Å². The zero-order valence-electron chi connectivity index (χ0n) is 10.4. The van der Waals surface area contributed by atoms with Crippen LogP contribution in [0.3, 0.4) is 0 Å². The van der Waals surface area contributed by atoms with Crippen molar-refractivity contribution < 1.29 is 9.53 Å². The van der Waals surface area contributed by atoms with Gasteiger partial charge < -0.3 is 15.4 Å². The monoisotopic (exact) mass is 268 g/mol. The number of ether oxygens (including phenoxy) is 1.